The van der Waals surface area contributed by atoms with Crippen LogP contribution in [0.5, 0.6) is 0 Å². The van der Waals surface area contributed by atoms with Crippen LogP contribution in [0.3, 0.4) is 0 Å². The largest absolute Gasteiger partial charge is 0.383 e. The summed E-state index contributed by atoms with van der Waals surface area (Å²) in [6, 6.07) is -0.513. The van der Waals surface area contributed by atoms with Gasteiger partial charge in [-0.1, -0.05) is 13.8 Å². The molecule has 0 radical (unpaired) electrons. The van der Waals surface area contributed by atoms with Crippen LogP contribution in [0.1, 0.15) is 13.8 Å². The Hall–Kier alpha value is 0.0300. The molecule has 1 fully saturated rings. The van der Waals surface area contributed by atoms with Gasteiger partial charge in [0, 0.05) is 31.2 Å². The number of methoxy groups -OCH3 is 1. The zero-order chi connectivity index (χ0) is 12.1. The van der Waals surface area contributed by atoms with E-state index in [2.05, 4.69) is 13.8 Å². The van der Waals surface area contributed by atoms with Crippen LogP contribution in [0.2, 0.25) is 0 Å². The molecule has 1 rings (SSSR count). The van der Waals surface area contributed by atoms with E-state index in [1.165, 1.54) is 0 Å². The molecule has 1 amide bonds. The highest BCUT2D eigenvalue weighted by molar-refractivity contribution is 8.00. The zero-order valence-electron chi connectivity index (χ0n) is 10.7. The molecule has 0 aliphatic carbocycles. The molecule has 0 aromatic heterocycles. The van der Waals surface area contributed by atoms with E-state index < -0.39 is 6.04 Å². The second-order valence-corrected chi connectivity index (χ2v) is 5.85. The summed E-state index contributed by atoms with van der Waals surface area (Å²) in [5, 5.41) is 0.535. The van der Waals surface area contributed by atoms with Gasteiger partial charge >= 0.3 is 0 Å². The normalized spacial score (nSPS) is 22.2. The Kier molecular flexibility index (Phi) is 8.20. The van der Waals surface area contributed by atoms with Crippen molar-refractivity contribution in [2.24, 2.45) is 11.7 Å². The monoisotopic (exact) mass is 282 g/mol. The van der Waals surface area contributed by atoms with Gasteiger partial charge in [-0.25, -0.2) is 0 Å². The van der Waals surface area contributed by atoms with Crippen LogP contribution in [0.15, 0.2) is 0 Å². The number of rotatable bonds is 4. The Morgan fingerprint density at radius 3 is 2.76 bits per heavy atom. The highest BCUT2D eigenvalue weighted by Crippen LogP contribution is 2.25. The molecule has 2 atom stereocenters. The molecule has 2 N–H and O–H groups in total. The molecule has 1 aliphatic rings. The van der Waals surface area contributed by atoms with Crippen molar-refractivity contribution in [2.45, 2.75) is 25.1 Å². The summed E-state index contributed by atoms with van der Waals surface area (Å²) in [7, 11) is 1.57. The minimum absolute atomic E-state index is 0. The number of ether oxygens (including phenoxy) is 1. The van der Waals surface area contributed by atoms with Crippen LogP contribution in [0.25, 0.3) is 0 Å². The van der Waals surface area contributed by atoms with Gasteiger partial charge in [0.2, 0.25) is 5.91 Å². The number of halogens is 1. The van der Waals surface area contributed by atoms with Gasteiger partial charge in [0.05, 0.1) is 6.61 Å². The lowest BCUT2D eigenvalue weighted by Crippen LogP contribution is -2.51. The van der Waals surface area contributed by atoms with E-state index in [9.17, 15) is 4.79 Å². The van der Waals surface area contributed by atoms with Crippen molar-refractivity contribution in [1.29, 1.82) is 0 Å². The van der Waals surface area contributed by atoms with Crippen molar-refractivity contribution in [3.8, 4) is 0 Å². The smallest absolute Gasteiger partial charge is 0.241 e. The van der Waals surface area contributed by atoms with Crippen LogP contribution in [-0.4, -0.2) is 54.7 Å². The molecular weight excluding hydrogens is 260 g/mol. The number of carbonyl (C=O) groups is 1. The Balaban J connectivity index is 0.00000256. The van der Waals surface area contributed by atoms with E-state index in [0.29, 0.717) is 17.8 Å². The molecule has 6 heteroatoms. The van der Waals surface area contributed by atoms with E-state index in [1.807, 2.05) is 16.7 Å². The molecule has 4 nitrogen and oxygen atoms in total. The Bertz CT molecular complexity index is 242. The summed E-state index contributed by atoms with van der Waals surface area (Å²) in [4.78, 5) is 13.8. The van der Waals surface area contributed by atoms with Crippen molar-refractivity contribution in [2.75, 3.05) is 32.6 Å². The molecule has 102 valence electrons. The van der Waals surface area contributed by atoms with Gasteiger partial charge in [-0.2, -0.15) is 11.8 Å². The highest BCUT2D eigenvalue weighted by Gasteiger charge is 2.28. The molecule has 1 saturated heterocycles. The quantitative estimate of drug-likeness (QED) is 0.835. The Morgan fingerprint density at radius 2 is 2.24 bits per heavy atom. The summed E-state index contributed by atoms with van der Waals surface area (Å²) >= 11 is 1.95. The average molecular weight is 283 g/mol. The van der Waals surface area contributed by atoms with E-state index in [1.54, 1.807) is 7.11 Å². The molecular formula is C11H23ClN2O2S. The predicted octanol–water partition coefficient (Wildman–Crippen LogP) is 0.982. The topological polar surface area (TPSA) is 55.6 Å². The van der Waals surface area contributed by atoms with Gasteiger partial charge in [-0.05, 0) is 5.92 Å². The van der Waals surface area contributed by atoms with Gasteiger partial charge in [0.15, 0.2) is 0 Å². The molecule has 0 aromatic rings. The standard InChI is InChI=1S/C11H22N2O2S.ClH/c1-8(2)10-6-13(4-5-16-10)11(14)9(12)7-15-3;/h8-10H,4-7,12H2,1-3H3;1H. The lowest BCUT2D eigenvalue weighted by molar-refractivity contribution is -0.133. The van der Waals surface area contributed by atoms with E-state index in [4.69, 9.17) is 10.5 Å². The second kappa shape index (κ2) is 8.19. The molecule has 1 aliphatic heterocycles. The Morgan fingerprint density at radius 1 is 1.59 bits per heavy atom. The maximum absolute atomic E-state index is 12.0. The maximum Gasteiger partial charge on any atom is 0.241 e. The molecule has 0 saturated carbocycles. The van der Waals surface area contributed by atoms with Crippen molar-refractivity contribution in [3.05, 3.63) is 0 Å². The van der Waals surface area contributed by atoms with Crippen LogP contribution in [0.4, 0.5) is 0 Å². The minimum atomic E-state index is -0.513. The number of thioether (sulfide) groups is 1. The first kappa shape index (κ1) is 17.0. The van der Waals surface area contributed by atoms with E-state index in [-0.39, 0.29) is 18.3 Å². The number of hydrogen-bond acceptors (Lipinski definition) is 4. The molecule has 0 bridgehead atoms. The zero-order valence-corrected chi connectivity index (χ0v) is 12.4. The SMILES string of the molecule is COCC(N)C(=O)N1CCSC(C(C)C)C1.Cl. The number of nitrogens with zero attached hydrogens (tertiary/aromatic N) is 1. The van der Waals surface area contributed by atoms with E-state index >= 15 is 0 Å². The van der Waals surface area contributed by atoms with Gasteiger partial charge in [0.1, 0.15) is 6.04 Å². The van der Waals surface area contributed by atoms with Crippen molar-refractivity contribution < 1.29 is 9.53 Å². The summed E-state index contributed by atoms with van der Waals surface area (Å²) in [5.74, 6) is 1.63. The van der Waals surface area contributed by atoms with Crippen LogP contribution >= 0.6 is 24.2 Å². The minimum Gasteiger partial charge on any atom is -0.383 e. The third-order valence-corrected chi connectivity index (χ3v) is 4.35. The fourth-order valence-electron chi connectivity index (χ4n) is 1.76. The highest BCUT2D eigenvalue weighted by atomic mass is 35.5. The van der Waals surface area contributed by atoms with Crippen molar-refractivity contribution in [3.63, 3.8) is 0 Å². The first-order chi connectivity index (χ1) is 7.56. The van der Waals surface area contributed by atoms with Gasteiger partial charge in [-0.3, -0.25) is 4.79 Å². The second-order valence-electron chi connectivity index (χ2n) is 4.50. The van der Waals surface area contributed by atoms with Crippen LogP contribution in [0, 0.1) is 5.92 Å². The lowest BCUT2D eigenvalue weighted by atomic mass is 10.1. The first-order valence-corrected chi connectivity index (χ1v) is 6.76. The maximum atomic E-state index is 12.0. The fraction of sp³-hybridized carbons (Fsp3) is 0.909. The summed E-state index contributed by atoms with van der Waals surface area (Å²) in [6.45, 7) is 6.32. The van der Waals surface area contributed by atoms with Crippen molar-refractivity contribution >= 4 is 30.1 Å². The predicted molar refractivity (Wildman–Crippen MR) is 74.8 cm³/mol. The number of carbonyl (C=O) groups excluding carboxylic acids is 1. The van der Waals surface area contributed by atoms with Crippen molar-refractivity contribution in [1.82, 2.24) is 4.90 Å². The Labute approximate surface area is 114 Å². The molecule has 1 heterocycles. The van der Waals surface area contributed by atoms with E-state index in [0.717, 1.165) is 18.8 Å². The summed E-state index contributed by atoms with van der Waals surface area (Å²) < 4.78 is 4.91. The van der Waals surface area contributed by atoms with Gasteiger partial charge in [-0.15, -0.1) is 12.4 Å². The average Bonchev–Trinajstić information content (AvgIpc) is 2.28. The fourth-order valence-corrected chi connectivity index (χ4v) is 3.06. The molecule has 0 aromatic carbocycles. The van der Waals surface area contributed by atoms with Crippen LogP contribution < -0.4 is 5.73 Å². The van der Waals surface area contributed by atoms with Gasteiger partial charge in [0.25, 0.3) is 0 Å². The third-order valence-electron chi connectivity index (χ3n) is 2.81. The number of hydrogen-bond donors (Lipinski definition) is 1. The summed E-state index contributed by atoms with van der Waals surface area (Å²) in [6.07, 6.45) is 0. The first-order valence-electron chi connectivity index (χ1n) is 5.71. The summed E-state index contributed by atoms with van der Waals surface area (Å²) in [5.41, 5.74) is 5.76. The third kappa shape index (κ3) is 5.04. The van der Waals surface area contributed by atoms with Gasteiger partial charge < -0.3 is 15.4 Å². The van der Waals surface area contributed by atoms with Crippen LogP contribution in [-0.2, 0) is 9.53 Å². The molecule has 2 unspecified atom stereocenters. The number of nitrogens with two attached hydrogens (primary N) is 1. The molecule has 0 spiro atoms. The number of amides is 1. The lowest BCUT2D eigenvalue weighted by Gasteiger charge is -2.35. The molecule has 17 heavy (non-hydrogen) atoms.